The number of fused-ring (bicyclic) bond motifs is 2. The Morgan fingerprint density at radius 1 is 1.00 bits per heavy atom. The van der Waals surface area contributed by atoms with Crippen LogP contribution < -0.4 is 0 Å². The normalized spacial score (nSPS) is 11.2. The van der Waals surface area contributed by atoms with E-state index in [1.54, 1.807) is 18.2 Å². The Morgan fingerprint density at radius 3 is 2.54 bits per heavy atom. The first kappa shape index (κ1) is 15.4. The molecule has 6 heteroatoms. The summed E-state index contributed by atoms with van der Waals surface area (Å²) in [5.41, 5.74) is 2.02. The number of hydrogen-bond acceptors (Lipinski definition) is 3. The van der Waals surface area contributed by atoms with Crippen LogP contribution in [0.4, 0.5) is 0 Å². The van der Waals surface area contributed by atoms with Crippen molar-refractivity contribution in [1.82, 2.24) is 4.98 Å². The van der Waals surface area contributed by atoms with Crippen LogP contribution in [0, 0.1) is 0 Å². The quantitative estimate of drug-likeness (QED) is 0.418. The van der Waals surface area contributed by atoms with Crippen molar-refractivity contribution in [2.24, 2.45) is 0 Å². The van der Waals surface area contributed by atoms with Gasteiger partial charge in [0.15, 0.2) is 5.76 Å². The van der Waals surface area contributed by atoms with Gasteiger partial charge in [-0.25, -0.2) is 9.78 Å². The first-order chi connectivity index (χ1) is 11.5. The van der Waals surface area contributed by atoms with E-state index in [1.165, 1.54) is 0 Å². The van der Waals surface area contributed by atoms with Crippen LogP contribution in [0.3, 0.4) is 0 Å². The number of benzene rings is 2. The molecule has 0 spiro atoms. The molecule has 0 bridgehead atoms. The van der Waals surface area contributed by atoms with Gasteiger partial charge in [-0.15, -0.1) is 0 Å². The molecule has 4 nitrogen and oxygen atoms in total. The standard InChI is InChI=1S/C18H9Br2NO3/c19-10-2-4-16-9(5-10)6-17(24-16)15-8-13(18(22)23)12-7-11(20)1-3-14(12)21-15/h1-8H,(H,22,23). The lowest BCUT2D eigenvalue weighted by Crippen LogP contribution is -2.00. The molecule has 0 saturated heterocycles. The molecule has 0 atom stereocenters. The summed E-state index contributed by atoms with van der Waals surface area (Å²) in [5.74, 6) is -0.462. The van der Waals surface area contributed by atoms with E-state index in [-0.39, 0.29) is 5.56 Å². The number of hydrogen-bond donors (Lipinski definition) is 1. The largest absolute Gasteiger partial charge is 0.478 e. The summed E-state index contributed by atoms with van der Waals surface area (Å²) in [6, 6.07) is 14.5. The highest BCUT2D eigenvalue weighted by Crippen LogP contribution is 2.31. The Morgan fingerprint density at radius 2 is 1.75 bits per heavy atom. The summed E-state index contributed by atoms with van der Waals surface area (Å²) >= 11 is 6.79. The highest BCUT2D eigenvalue weighted by Gasteiger charge is 2.16. The number of aromatic carboxylic acids is 1. The van der Waals surface area contributed by atoms with Crippen molar-refractivity contribution in [2.75, 3.05) is 0 Å². The van der Waals surface area contributed by atoms with Crippen LogP contribution in [-0.4, -0.2) is 16.1 Å². The third kappa shape index (κ3) is 2.61. The first-order valence-electron chi connectivity index (χ1n) is 7.04. The Hall–Kier alpha value is -2.18. The molecule has 0 saturated carbocycles. The number of halogens is 2. The van der Waals surface area contributed by atoms with Crippen LogP contribution in [0.15, 0.2) is 61.9 Å². The minimum absolute atomic E-state index is 0.193. The first-order valence-corrected chi connectivity index (χ1v) is 8.63. The number of carbonyl (C=O) groups is 1. The summed E-state index contributed by atoms with van der Waals surface area (Å²) < 4.78 is 7.59. The lowest BCUT2D eigenvalue weighted by atomic mass is 10.1. The average molecular weight is 447 g/mol. The lowest BCUT2D eigenvalue weighted by Gasteiger charge is -2.05. The highest BCUT2D eigenvalue weighted by atomic mass is 79.9. The molecule has 1 N–H and O–H groups in total. The van der Waals surface area contributed by atoms with E-state index < -0.39 is 5.97 Å². The van der Waals surface area contributed by atoms with Crippen molar-refractivity contribution >= 4 is 59.7 Å². The van der Waals surface area contributed by atoms with Gasteiger partial charge in [0, 0.05) is 19.7 Å². The van der Waals surface area contributed by atoms with Crippen molar-refractivity contribution in [3.05, 3.63) is 63.0 Å². The third-order valence-electron chi connectivity index (χ3n) is 3.73. The maximum atomic E-state index is 11.6. The molecule has 24 heavy (non-hydrogen) atoms. The predicted octanol–water partition coefficient (Wildman–Crippen LogP) is 5.87. The van der Waals surface area contributed by atoms with Gasteiger partial charge in [-0.3, -0.25) is 0 Å². The molecule has 2 heterocycles. The van der Waals surface area contributed by atoms with Gasteiger partial charge in [0.05, 0.1) is 11.1 Å². The summed E-state index contributed by atoms with van der Waals surface area (Å²) in [4.78, 5) is 16.2. The van der Waals surface area contributed by atoms with Gasteiger partial charge >= 0.3 is 5.97 Å². The van der Waals surface area contributed by atoms with Crippen LogP contribution in [0.25, 0.3) is 33.3 Å². The number of pyridine rings is 1. The van der Waals surface area contributed by atoms with Crippen LogP contribution in [0.2, 0.25) is 0 Å². The van der Waals surface area contributed by atoms with Crippen molar-refractivity contribution in [3.8, 4) is 11.5 Å². The maximum Gasteiger partial charge on any atom is 0.336 e. The number of furan rings is 1. The topological polar surface area (TPSA) is 63.3 Å². The maximum absolute atomic E-state index is 11.6. The number of carboxylic acids is 1. The smallest absolute Gasteiger partial charge is 0.336 e. The fourth-order valence-electron chi connectivity index (χ4n) is 2.64. The molecule has 4 rings (SSSR count). The average Bonchev–Trinajstić information content (AvgIpc) is 2.96. The van der Waals surface area contributed by atoms with E-state index in [4.69, 9.17) is 4.42 Å². The summed E-state index contributed by atoms with van der Waals surface area (Å²) in [7, 11) is 0. The molecule has 2 aromatic carbocycles. The van der Waals surface area contributed by atoms with Gasteiger partial charge in [0.1, 0.15) is 11.3 Å². The molecular formula is C18H9Br2NO3. The summed E-state index contributed by atoms with van der Waals surface area (Å²) in [6.07, 6.45) is 0. The Bertz CT molecular complexity index is 1120. The van der Waals surface area contributed by atoms with Crippen LogP contribution in [0.5, 0.6) is 0 Å². The minimum Gasteiger partial charge on any atom is -0.478 e. The second-order valence-corrected chi connectivity index (χ2v) is 7.15. The van der Waals surface area contributed by atoms with Gasteiger partial charge < -0.3 is 9.52 Å². The van der Waals surface area contributed by atoms with Crippen LogP contribution in [-0.2, 0) is 0 Å². The van der Waals surface area contributed by atoms with Gasteiger partial charge in [-0.05, 0) is 48.5 Å². The van der Waals surface area contributed by atoms with Crippen molar-refractivity contribution in [3.63, 3.8) is 0 Å². The molecule has 0 aliphatic heterocycles. The van der Waals surface area contributed by atoms with E-state index in [2.05, 4.69) is 36.8 Å². The lowest BCUT2D eigenvalue weighted by molar-refractivity contribution is 0.0699. The van der Waals surface area contributed by atoms with E-state index in [0.717, 1.165) is 19.9 Å². The number of carboxylic acid groups (broad SMARTS) is 1. The molecule has 0 amide bonds. The summed E-state index contributed by atoms with van der Waals surface area (Å²) in [6.45, 7) is 0. The highest BCUT2D eigenvalue weighted by molar-refractivity contribution is 9.10. The van der Waals surface area contributed by atoms with Crippen molar-refractivity contribution < 1.29 is 14.3 Å². The molecule has 0 aliphatic carbocycles. The summed E-state index contributed by atoms with van der Waals surface area (Å²) in [5, 5.41) is 11.0. The van der Waals surface area contributed by atoms with Crippen molar-refractivity contribution in [2.45, 2.75) is 0 Å². The van der Waals surface area contributed by atoms with Crippen molar-refractivity contribution in [1.29, 1.82) is 0 Å². The molecule has 2 aromatic heterocycles. The Balaban J connectivity index is 1.98. The van der Waals surface area contributed by atoms with E-state index in [1.807, 2.05) is 30.3 Å². The zero-order valence-corrected chi connectivity index (χ0v) is 15.3. The van der Waals surface area contributed by atoms with E-state index >= 15 is 0 Å². The molecule has 0 radical (unpaired) electrons. The second-order valence-electron chi connectivity index (χ2n) is 5.31. The molecule has 0 unspecified atom stereocenters. The molecule has 118 valence electrons. The number of aromatic nitrogens is 1. The SMILES string of the molecule is O=C(O)c1cc(-c2cc3cc(Br)ccc3o2)nc2ccc(Br)cc12. The molecular weight excluding hydrogens is 438 g/mol. The fourth-order valence-corrected chi connectivity index (χ4v) is 3.38. The minimum atomic E-state index is -0.999. The molecule has 4 aromatic rings. The number of rotatable bonds is 2. The second kappa shape index (κ2) is 5.72. The molecule has 0 fully saturated rings. The van der Waals surface area contributed by atoms with E-state index in [9.17, 15) is 9.90 Å². The fraction of sp³-hybridized carbons (Fsp3) is 0. The van der Waals surface area contributed by atoms with Crippen LogP contribution in [0.1, 0.15) is 10.4 Å². The van der Waals surface area contributed by atoms with E-state index in [0.29, 0.717) is 22.4 Å². The zero-order chi connectivity index (χ0) is 16.8. The van der Waals surface area contributed by atoms with Gasteiger partial charge in [-0.2, -0.15) is 0 Å². The third-order valence-corrected chi connectivity index (χ3v) is 4.72. The predicted molar refractivity (Wildman–Crippen MR) is 99.3 cm³/mol. The number of nitrogens with zero attached hydrogens (tertiary/aromatic N) is 1. The van der Waals surface area contributed by atoms with Gasteiger partial charge in [-0.1, -0.05) is 31.9 Å². The van der Waals surface area contributed by atoms with Crippen LogP contribution >= 0.6 is 31.9 Å². The monoisotopic (exact) mass is 445 g/mol. The zero-order valence-electron chi connectivity index (χ0n) is 12.1. The molecule has 0 aliphatic rings. The Labute approximate surface area is 153 Å². The van der Waals surface area contributed by atoms with Gasteiger partial charge in [0.2, 0.25) is 0 Å². The Kier molecular flexibility index (Phi) is 3.66. The van der Waals surface area contributed by atoms with Gasteiger partial charge in [0.25, 0.3) is 0 Å².